The third kappa shape index (κ3) is 2.51. The fourth-order valence-corrected chi connectivity index (χ4v) is 3.55. The number of thioether (sulfide) groups is 1. The first kappa shape index (κ1) is 13.0. The molecule has 2 aromatic rings. The first-order valence-corrected chi connectivity index (χ1v) is 7.49. The van der Waals surface area contributed by atoms with E-state index in [2.05, 4.69) is 15.4 Å². The predicted octanol–water partition coefficient (Wildman–Crippen LogP) is 3.48. The fraction of sp³-hybridized carbons (Fsp3) is 0.167. The van der Waals surface area contributed by atoms with Crippen molar-refractivity contribution < 1.29 is 0 Å². The normalized spacial score (nSPS) is 13.4. The maximum Gasteiger partial charge on any atom is 0.161 e. The molecule has 0 radical (unpaired) electrons. The molecule has 98 valence electrons. The highest BCUT2D eigenvalue weighted by Gasteiger charge is 2.20. The summed E-state index contributed by atoms with van der Waals surface area (Å²) in [5, 5.41) is 1.12. The van der Waals surface area contributed by atoms with Crippen molar-refractivity contribution in [2.24, 2.45) is 5.84 Å². The Kier molecular flexibility index (Phi) is 3.54. The van der Waals surface area contributed by atoms with E-state index in [1.165, 1.54) is 0 Å². The zero-order chi connectivity index (χ0) is 13.4. The molecule has 3 rings (SSSR count). The summed E-state index contributed by atoms with van der Waals surface area (Å²) in [6, 6.07) is 5.26. The van der Waals surface area contributed by atoms with Crippen molar-refractivity contribution in [3.8, 4) is 11.4 Å². The van der Waals surface area contributed by atoms with Gasteiger partial charge < -0.3 is 5.43 Å². The number of hydrogen-bond donors (Lipinski definition) is 2. The van der Waals surface area contributed by atoms with Crippen LogP contribution in [0.2, 0.25) is 10.0 Å². The summed E-state index contributed by atoms with van der Waals surface area (Å²) in [5.41, 5.74) is 5.51. The minimum Gasteiger partial charge on any atom is -0.308 e. The smallest absolute Gasteiger partial charge is 0.161 e. The summed E-state index contributed by atoms with van der Waals surface area (Å²) in [5.74, 6) is 8.53. The largest absolute Gasteiger partial charge is 0.308 e. The Morgan fingerprint density at radius 1 is 1.11 bits per heavy atom. The van der Waals surface area contributed by atoms with Crippen molar-refractivity contribution >= 4 is 40.8 Å². The van der Waals surface area contributed by atoms with Crippen LogP contribution < -0.4 is 11.3 Å². The van der Waals surface area contributed by atoms with E-state index in [1.807, 2.05) is 0 Å². The summed E-state index contributed by atoms with van der Waals surface area (Å²) < 4.78 is 0. The summed E-state index contributed by atoms with van der Waals surface area (Å²) in [6.45, 7) is 0. The van der Waals surface area contributed by atoms with Crippen molar-refractivity contribution in [1.82, 2.24) is 9.97 Å². The second-order valence-electron chi connectivity index (χ2n) is 4.12. The summed E-state index contributed by atoms with van der Waals surface area (Å²) >= 11 is 13.8. The van der Waals surface area contributed by atoms with Gasteiger partial charge in [-0.3, -0.25) is 0 Å². The average molecular weight is 313 g/mol. The molecule has 3 N–H and O–H groups in total. The second-order valence-corrected chi connectivity index (χ2v) is 5.97. The molecule has 0 fully saturated rings. The number of nitrogens with one attached hydrogen (secondary N) is 1. The molecule has 0 bridgehead atoms. The van der Waals surface area contributed by atoms with E-state index in [1.54, 1.807) is 30.0 Å². The van der Waals surface area contributed by atoms with Crippen LogP contribution in [0.1, 0.15) is 11.3 Å². The Hall–Kier alpha value is -1.01. The van der Waals surface area contributed by atoms with Crippen LogP contribution in [0, 0.1) is 0 Å². The highest BCUT2D eigenvalue weighted by molar-refractivity contribution is 7.98. The average Bonchev–Trinajstić information content (AvgIpc) is 2.84. The molecule has 0 amide bonds. The molecule has 0 saturated heterocycles. The van der Waals surface area contributed by atoms with Crippen LogP contribution in [0.5, 0.6) is 0 Å². The van der Waals surface area contributed by atoms with Gasteiger partial charge in [-0.25, -0.2) is 15.8 Å². The van der Waals surface area contributed by atoms with Gasteiger partial charge in [-0.1, -0.05) is 23.2 Å². The predicted molar refractivity (Wildman–Crippen MR) is 80.3 cm³/mol. The van der Waals surface area contributed by atoms with Crippen LogP contribution in [0.25, 0.3) is 11.4 Å². The Morgan fingerprint density at radius 2 is 1.84 bits per heavy atom. The molecule has 1 aromatic heterocycles. The number of fused-ring (bicyclic) bond motifs is 1. The number of hydrogen-bond acceptors (Lipinski definition) is 5. The van der Waals surface area contributed by atoms with E-state index < -0.39 is 0 Å². The van der Waals surface area contributed by atoms with Gasteiger partial charge in [0.1, 0.15) is 5.82 Å². The monoisotopic (exact) mass is 312 g/mol. The first-order chi connectivity index (χ1) is 9.17. The van der Waals surface area contributed by atoms with Gasteiger partial charge in [0.2, 0.25) is 0 Å². The zero-order valence-electron chi connectivity index (χ0n) is 9.78. The highest BCUT2D eigenvalue weighted by Crippen LogP contribution is 2.34. The molecule has 1 aliphatic rings. The Balaban J connectivity index is 2.15. The summed E-state index contributed by atoms with van der Waals surface area (Å²) in [7, 11) is 0. The molecule has 0 aliphatic carbocycles. The molecule has 19 heavy (non-hydrogen) atoms. The molecular weight excluding hydrogens is 303 g/mol. The standard InChI is InChI=1S/C12H10Cl2N4S/c13-7-1-6(2-8(14)3-7)11-16-10-5-19-4-9(10)12(17-11)18-15/h1-3H,4-5,15H2,(H,16,17,18). The van der Waals surface area contributed by atoms with Crippen molar-refractivity contribution in [2.45, 2.75) is 11.5 Å². The number of hydrazine groups is 1. The Morgan fingerprint density at radius 3 is 2.53 bits per heavy atom. The highest BCUT2D eigenvalue weighted by atomic mass is 35.5. The maximum absolute atomic E-state index is 6.01. The van der Waals surface area contributed by atoms with Crippen LogP contribution in [-0.4, -0.2) is 9.97 Å². The number of halogens is 2. The molecule has 1 aliphatic heterocycles. The summed E-state index contributed by atoms with van der Waals surface area (Å²) in [6.07, 6.45) is 0. The van der Waals surface area contributed by atoms with E-state index in [0.29, 0.717) is 21.7 Å². The van der Waals surface area contributed by atoms with Gasteiger partial charge >= 0.3 is 0 Å². The van der Waals surface area contributed by atoms with Gasteiger partial charge in [-0.15, -0.1) is 0 Å². The van der Waals surface area contributed by atoms with Crippen LogP contribution in [0.3, 0.4) is 0 Å². The quantitative estimate of drug-likeness (QED) is 0.656. The van der Waals surface area contributed by atoms with Crippen LogP contribution >= 0.6 is 35.0 Å². The lowest BCUT2D eigenvalue weighted by atomic mass is 10.2. The van der Waals surface area contributed by atoms with Crippen LogP contribution in [-0.2, 0) is 11.5 Å². The topological polar surface area (TPSA) is 63.8 Å². The van der Waals surface area contributed by atoms with Gasteiger partial charge in [-0.05, 0) is 18.2 Å². The third-order valence-corrected chi connectivity index (χ3v) is 4.24. The number of benzene rings is 1. The molecular formula is C12H10Cl2N4S. The van der Waals surface area contributed by atoms with Gasteiger partial charge in [0.25, 0.3) is 0 Å². The number of rotatable bonds is 2. The van der Waals surface area contributed by atoms with Gasteiger partial charge in [-0.2, -0.15) is 11.8 Å². The van der Waals surface area contributed by atoms with E-state index in [0.717, 1.165) is 28.3 Å². The molecule has 7 heteroatoms. The second kappa shape index (κ2) is 5.17. The molecule has 1 aromatic carbocycles. The molecule has 0 saturated carbocycles. The van der Waals surface area contributed by atoms with Crippen LogP contribution in [0.4, 0.5) is 5.82 Å². The van der Waals surface area contributed by atoms with Gasteiger partial charge in [0.05, 0.1) is 5.69 Å². The van der Waals surface area contributed by atoms with E-state index in [-0.39, 0.29) is 0 Å². The Labute approximate surface area is 124 Å². The lowest BCUT2D eigenvalue weighted by molar-refractivity contribution is 1.06. The van der Waals surface area contributed by atoms with E-state index in [9.17, 15) is 0 Å². The number of nitrogens with zero attached hydrogens (tertiary/aromatic N) is 2. The Bertz CT molecular complexity index is 628. The molecule has 2 heterocycles. The fourth-order valence-electron chi connectivity index (χ4n) is 1.98. The molecule has 0 atom stereocenters. The van der Waals surface area contributed by atoms with E-state index >= 15 is 0 Å². The van der Waals surface area contributed by atoms with Gasteiger partial charge in [0.15, 0.2) is 5.82 Å². The van der Waals surface area contributed by atoms with Crippen LogP contribution in [0.15, 0.2) is 18.2 Å². The van der Waals surface area contributed by atoms with Crippen molar-refractivity contribution in [2.75, 3.05) is 5.43 Å². The first-order valence-electron chi connectivity index (χ1n) is 5.58. The lowest BCUT2D eigenvalue weighted by Crippen LogP contribution is -2.12. The lowest BCUT2D eigenvalue weighted by Gasteiger charge is -2.09. The number of nitrogens with two attached hydrogens (primary N) is 1. The zero-order valence-corrected chi connectivity index (χ0v) is 12.1. The SMILES string of the molecule is NNc1nc(-c2cc(Cl)cc(Cl)c2)nc2c1CSC2. The minimum atomic E-state index is 0.559. The van der Waals surface area contributed by atoms with Gasteiger partial charge in [0, 0.05) is 32.7 Å². The van der Waals surface area contributed by atoms with Crippen molar-refractivity contribution in [3.63, 3.8) is 0 Å². The number of anilines is 1. The number of nitrogen functional groups attached to an aromatic ring is 1. The van der Waals surface area contributed by atoms with Crippen molar-refractivity contribution in [3.05, 3.63) is 39.5 Å². The van der Waals surface area contributed by atoms with E-state index in [4.69, 9.17) is 29.0 Å². The molecule has 0 unspecified atom stereocenters. The summed E-state index contributed by atoms with van der Waals surface area (Å²) in [4.78, 5) is 9.01. The van der Waals surface area contributed by atoms with Crippen molar-refractivity contribution in [1.29, 1.82) is 0 Å². The molecule has 0 spiro atoms. The molecule has 4 nitrogen and oxygen atoms in total. The third-order valence-electron chi connectivity index (χ3n) is 2.84. The number of aromatic nitrogens is 2. The minimum absolute atomic E-state index is 0.559. The maximum atomic E-state index is 6.01.